The average molecular weight is 711 g/mol. The highest BCUT2D eigenvalue weighted by atomic mass is 32.2. The van der Waals surface area contributed by atoms with E-state index in [4.69, 9.17) is 9.73 Å². The van der Waals surface area contributed by atoms with Crippen molar-refractivity contribution in [3.05, 3.63) is 87.0 Å². The molecule has 2 amide bonds. The largest absolute Gasteiger partial charge is 0.444 e. The number of hydrogen-bond donors (Lipinski definition) is 2. The van der Waals surface area contributed by atoms with E-state index in [1.54, 1.807) is 35.8 Å². The van der Waals surface area contributed by atoms with Crippen LogP contribution in [0.1, 0.15) is 43.6 Å². The van der Waals surface area contributed by atoms with Gasteiger partial charge in [-0.1, -0.05) is 50.3 Å². The summed E-state index contributed by atoms with van der Waals surface area (Å²) in [6.45, 7) is 5.44. The molecule has 3 atom stereocenters. The number of ether oxygens (including phenoxy) is 1. The van der Waals surface area contributed by atoms with Crippen LogP contribution in [0.2, 0.25) is 0 Å². The number of allylic oxidation sites excluding steroid dienone is 5. The van der Waals surface area contributed by atoms with Crippen molar-refractivity contribution >= 4 is 39.1 Å². The second kappa shape index (κ2) is 16.3. The Morgan fingerprint density at radius 1 is 1.18 bits per heavy atom. The smallest absolute Gasteiger partial charge is 0.407 e. The fourth-order valence-corrected chi connectivity index (χ4v) is 8.47. The van der Waals surface area contributed by atoms with Crippen molar-refractivity contribution in [2.45, 2.75) is 58.3 Å². The maximum absolute atomic E-state index is 14.2. The SMILES string of the molecule is CC(C)CN(CC(O)C(Cc1ccccc1)NC(=O)OCc1cncs1)S(=O)(=O)C1=CC=C2C=C(N(C)C(=O)C3CCCN(C)C3)N=C2C1. The summed E-state index contributed by atoms with van der Waals surface area (Å²) in [5.74, 6) is 0.355. The number of rotatable bonds is 14. The Hall–Kier alpha value is -3.69. The lowest BCUT2D eigenvalue weighted by molar-refractivity contribution is -0.134. The number of hydrogen-bond acceptors (Lipinski definition) is 10. The molecule has 49 heavy (non-hydrogen) atoms. The molecule has 2 aromatic rings. The van der Waals surface area contributed by atoms with Crippen molar-refractivity contribution in [2.75, 3.05) is 40.3 Å². The van der Waals surface area contributed by atoms with Crippen molar-refractivity contribution in [3.8, 4) is 0 Å². The van der Waals surface area contributed by atoms with Crippen molar-refractivity contribution in [3.63, 3.8) is 0 Å². The van der Waals surface area contributed by atoms with E-state index < -0.39 is 28.3 Å². The molecule has 0 saturated carbocycles. The monoisotopic (exact) mass is 710 g/mol. The van der Waals surface area contributed by atoms with Crippen LogP contribution in [0.5, 0.6) is 0 Å². The minimum absolute atomic E-state index is 0.00498. The van der Waals surface area contributed by atoms with Gasteiger partial charge in [0.25, 0.3) is 0 Å². The van der Waals surface area contributed by atoms with Crippen LogP contribution >= 0.6 is 11.3 Å². The summed E-state index contributed by atoms with van der Waals surface area (Å²) < 4.78 is 35.1. The molecule has 3 heterocycles. The minimum Gasteiger partial charge on any atom is -0.444 e. The number of nitrogens with one attached hydrogen (secondary N) is 1. The van der Waals surface area contributed by atoms with Crippen molar-refractivity contribution in [1.82, 2.24) is 24.4 Å². The minimum atomic E-state index is -4.05. The van der Waals surface area contributed by atoms with Crippen molar-refractivity contribution < 1.29 is 27.9 Å². The lowest BCUT2D eigenvalue weighted by Gasteiger charge is -2.31. The zero-order chi connectivity index (χ0) is 35.1. The Morgan fingerprint density at radius 3 is 2.65 bits per heavy atom. The average Bonchev–Trinajstić information content (AvgIpc) is 3.76. The van der Waals surface area contributed by atoms with Gasteiger partial charge in [-0.05, 0) is 56.5 Å². The summed E-state index contributed by atoms with van der Waals surface area (Å²) in [7, 11) is -0.319. The van der Waals surface area contributed by atoms with Crippen LogP contribution in [0, 0.1) is 11.8 Å². The fraction of sp³-hybridized carbons (Fsp3) is 0.486. The molecule has 3 unspecified atom stereocenters. The van der Waals surface area contributed by atoms with Crippen LogP contribution in [0.4, 0.5) is 4.79 Å². The number of carbonyl (C=O) groups excluding carboxylic acids is 2. The molecular formula is C35H46N6O6S2. The maximum atomic E-state index is 14.2. The van der Waals surface area contributed by atoms with E-state index in [9.17, 15) is 23.1 Å². The van der Waals surface area contributed by atoms with Gasteiger partial charge in [-0.15, -0.1) is 11.3 Å². The van der Waals surface area contributed by atoms with Crippen LogP contribution in [-0.4, -0.2) is 103 Å². The molecule has 1 fully saturated rings. The lowest BCUT2D eigenvalue weighted by atomic mass is 9.97. The van der Waals surface area contributed by atoms with Gasteiger partial charge in [0.1, 0.15) is 12.4 Å². The molecule has 1 aromatic carbocycles. The normalized spacial score (nSPS) is 19.4. The van der Waals surface area contributed by atoms with Gasteiger partial charge in [0, 0.05) is 44.9 Å². The maximum Gasteiger partial charge on any atom is 0.407 e. The number of carbonyl (C=O) groups is 2. The van der Waals surface area contributed by atoms with Gasteiger partial charge in [0.2, 0.25) is 15.9 Å². The zero-order valence-corrected chi connectivity index (χ0v) is 30.1. The number of aliphatic imine (C=N–C) groups is 1. The molecular weight excluding hydrogens is 665 g/mol. The molecule has 1 aliphatic carbocycles. The highest BCUT2D eigenvalue weighted by Crippen LogP contribution is 2.31. The number of fused-ring (bicyclic) bond motifs is 1. The first-order valence-corrected chi connectivity index (χ1v) is 18.9. The third kappa shape index (κ3) is 9.51. The highest BCUT2D eigenvalue weighted by molar-refractivity contribution is 7.93. The van der Waals surface area contributed by atoms with Crippen LogP contribution in [0.25, 0.3) is 0 Å². The van der Waals surface area contributed by atoms with Crippen molar-refractivity contribution in [2.24, 2.45) is 16.8 Å². The molecule has 0 spiro atoms. The van der Waals surface area contributed by atoms with Gasteiger partial charge in [0.15, 0.2) is 0 Å². The molecule has 5 rings (SSSR count). The topological polar surface area (TPSA) is 145 Å². The lowest BCUT2D eigenvalue weighted by Crippen LogP contribution is -2.51. The molecule has 0 bridgehead atoms. The molecule has 2 aliphatic heterocycles. The second-order valence-corrected chi connectivity index (χ2v) is 16.2. The van der Waals surface area contributed by atoms with Crippen LogP contribution in [0.15, 0.2) is 81.6 Å². The standard InChI is InChI=1S/C35H46N6O6S2/c1-24(2)19-41(21-32(42)31(15-25-9-6-5-7-10-25)38-35(44)47-22-28-18-36-23-48-28)49(45,46)29-13-12-26-16-33(37-30(26)17-29)40(4)34(43)27-11-8-14-39(3)20-27/h5-7,9-10,12-13,16,18,23-24,27,31-32,42H,8,11,14-15,17,19-22H2,1-4H3,(H,38,44). The predicted octanol–water partition coefficient (Wildman–Crippen LogP) is 3.94. The van der Waals surface area contributed by atoms with E-state index in [-0.39, 0.29) is 55.2 Å². The number of nitrogens with zero attached hydrogens (tertiary/aromatic N) is 5. The number of aliphatic hydroxyl groups excluding tert-OH is 1. The van der Waals surface area contributed by atoms with Gasteiger partial charge in [-0.2, -0.15) is 4.31 Å². The van der Waals surface area contributed by atoms with E-state index in [1.807, 2.05) is 57.3 Å². The number of alkyl carbamates (subject to hydrolysis) is 1. The molecule has 264 valence electrons. The number of sulfonamides is 1. The van der Waals surface area contributed by atoms with Gasteiger partial charge in [-0.25, -0.2) is 18.2 Å². The third-order valence-electron chi connectivity index (χ3n) is 8.83. The van der Waals surface area contributed by atoms with Gasteiger partial charge < -0.3 is 20.1 Å². The molecule has 1 aromatic heterocycles. The fourth-order valence-electron chi connectivity index (χ4n) is 6.23. The first kappa shape index (κ1) is 36.6. The molecule has 12 nitrogen and oxygen atoms in total. The number of thiazole rings is 1. The quantitative estimate of drug-likeness (QED) is 0.300. The molecule has 3 aliphatic rings. The van der Waals surface area contributed by atoms with E-state index in [0.717, 1.165) is 35.4 Å². The summed E-state index contributed by atoms with van der Waals surface area (Å²) in [4.78, 5) is 39.4. The summed E-state index contributed by atoms with van der Waals surface area (Å²) in [5.41, 5.74) is 3.86. The molecule has 0 radical (unpaired) electrons. The first-order valence-electron chi connectivity index (χ1n) is 16.6. The Kier molecular flexibility index (Phi) is 12.2. The molecule has 1 saturated heterocycles. The van der Waals surface area contributed by atoms with Gasteiger partial charge >= 0.3 is 6.09 Å². The number of amides is 2. The zero-order valence-electron chi connectivity index (χ0n) is 28.5. The summed E-state index contributed by atoms with van der Waals surface area (Å²) >= 11 is 1.36. The summed E-state index contributed by atoms with van der Waals surface area (Å²) in [6.07, 6.45) is 6.88. The Bertz CT molecular complexity index is 1700. The highest BCUT2D eigenvalue weighted by Gasteiger charge is 2.36. The van der Waals surface area contributed by atoms with Gasteiger partial charge in [-0.3, -0.25) is 14.7 Å². The molecule has 14 heteroatoms. The number of benzene rings is 1. The first-order chi connectivity index (χ1) is 23.4. The second-order valence-electron chi connectivity index (χ2n) is 13.3. The van der Waals surface area contributed by atoms with Gasteiger partial charge in [0.05, 0.1) is 39.1 Å². The van der Waals surface area contributed by atoms with Crippen LogP contribution in [0.3, 0.4) is 0 Å². The number of aliphatic hydroxyl groups is 1. The van der Waals surface area contributed by atoms with E-state index >= 15 is 0 Å². The Morgan fingerprint density at radius 2 is 1.96 bits per heavy atom. The van der Waals surface area contributed by atoms with E-state index in [1.165, 1.54) is 15.6 Å². The predicted molar refractivity (Wildman–Crippen MR) is 190 cm³/mol. The van der Waals surface area contributed by atoms with Crippen molar-refractivity contribution in [1.29, 1.82) is 0 Å². The van der Waals surface area contributed by atoms with Crippen LogP contribution < -0.4 is 5.32 Å². The van der Waals surface area contributed by atoms with Crippen LogP contribution in [-0.2, 0) is 32.6 Å². The number of piperidine rings is 1. The third-order valence-corrected chi connectivity index (χ3v) is 11.5. The number of aromatic nitrogens is 1. The molecule has 2 N–H and O–H groups in total. The van der Waals surface area contributed by atoms with E-state index in [0.29, 0.717) is 18.1 Å². The summed E-state index contributed by atoms with van der Waals surface area (Å²) in [6, 6.07) is 8.53. The Labute approximate surface area is 292 Å². The number of likely N-dealkylation sites (tertiary alicyclic amines) is 1. The summed E-state index contributed by atoms with van der Waals surface area (Å²) in [5, 5.41) is 14.3. The Balaban J connectivity index is 1.29. The van der Waals surface area contributed by atoms with E-state index in [2.05, 4.69) is 15.2 Å².